The van der Waals surface area contributed by atoms with Crippen LogP contribution in [0, 0.1) is 6.92 Å². The number of benzene rings is 1. The molecule has 1 unspecified atom stereocenters. The highest BCUT2D eigenvalue weighted by molar-refractivity contribution is 7.13. The Kier molecular flexibility index (Phi) is 5.68. The van der Waals surface area contributed by atoms with Gasteiger partial charge in [-0.05, 0) is 33.3 Å². The van der Waals surface area contributed by atoms with Gasteiger partial charge >= 0.3 is 12.1 Å². The smallest absolute Gasteiger partial charge is 0.410 e. The van der Waals surface area contributed by atoms with Crippen molar-refractivity contribution in [2.45, 2.75) is 45.4 Å². The quantitative estimate of drug-likeness (QED) is 0.689. The maximum absolute atomic E-state index is 12.0. The van der Waals surface area contributed by atoms with Crippen LogP contribution in [0.2, 0.25) is 0 Å². The van der Waals surface area contributed by atoms with Crippen LogP contribution in [-0.4, -0.2) is 32.9 Å². The van der Waals surface area contributed by atoms with Gasteiger partial charge in [0.2, 0.25) is 0 Å². The number of amides is 1. The largest absolute Gasteiger partial charge is 0.481 e. The number of aliphatic carboxylic acids is 1. The minimum absolute atomic E-state index is 0.247. The van der Waals surface area contributed by atoms with Crippen molar-refractivity contribution >= 4 is 23.4 Å². The Balaban J connectivity index is 2.29. The van der Waals surface area contributed by atoms with Gasteiger partial charge in [-0.1, -0.05) is 24.3 Å². The molecule has 2 aromatic rings. The molecule has 3 N–H and O–H groups in total. The van der Waals surface area contributed by atoms with Crippen LogP contribution in [0.1, 0.15) is 38.4 Å². The minimum Gasteiger partial charge on any atom is -0.481 e. The van der Waals surface area contributed by atoms with Crippen LogP contribution < -0.4 is 5.32 Å². The number of carbonyl (C=O) groups is 2. The molecular weight excluding hydrogens is 356 g/mol. The van der Waals surface area contributed by atoms with Gasteiger partial charge in [0.15, 0.2) is 5.72 Å². The van der Waals surface area contributed by atoms with Crippen LogP contribution in [0.15, 0.2) is 29.8 Å². The lowest BCUT2D eigenvalue weighted by Crippen LogP contribution is -2.49. The highest BCUT2D eigenvalue weighted by atomic mass is 32.1. The van der Waals surface area contributed by atoms with Gasteiger partial charge in [-0.3, -0.25) is 10.1 Å². The molecule has 0 spiro atoms. The maximum Gasteiger partial charge on any atom is 0.410 e. The normalized spacial score (nSPS) is 13.7. The summed E-state index contributed by atoms with van der Waals surface area (Å²) in [6, 6.07) is 6.66. The highest BCUT2D eigenvalue weighted by Gasteiger charge is 2.35. The van der Waals surface area contributed by atoms with Crippen molar-refractivity contribution in [3.63, 3.8) is 0 Å². The Hall–Kier alpha value is -2.45. The van der Waals surface area contributed by atoms with E-state index >= 15 is 0 Å². The molecule has 0 saturated carbocycles. The van der Waals surface area contributed by atoms with Crippen molar-refractivity contribution in [2.75, 3.05) is 0 Å². The first kappa shape index (κ1) is 19.9. The number of carboxylic acid groups (broad SMARTS) is 1. The number of aromatic nitrogens is 1. The minimum atomic E-state index is -2.09. The molecule has 140 valence electrons. The van der Waals surface area contributed by atoms with E-state index in [0.717, 1.165) is 16.1 Å². The summed E-state index contributed by atoms with van der Waals surface area (Å²) in [5.41, 5.74) is 0.900. The first-order chi connectivity index (χ1) is 12.0. The molecular formula is C18H22N2O5S. The van der Waals surface area contributed by atoms with Crippen LogP contribution in [0.4, 0.5) is 4.79 Å². The number of carbonyl (C=O) groups excluding carboxylic acids is 1. The number of thiazole rings is 1. The molecule has 7 nitrogen and oxygen atoms in total. The molecule has 0 fully saturated rings. The molecule has 8 heteroatoms. The first-order valence-corrected chi connectivity index (χ1v) is 8.84. The standard InChI is InChI=1S/C18H22N2O5S/c1-11-15(26-10-19-11)12-5-7-13(8-6-12)18(24,9-14(21)22)20-16(23)25-17(2,3)4/h5-8,10,24H,9H2,1-4H3,(H,20,23)(H,21,22). The van der Waals surface area contributed by atoms with E-state index in [9.17, 15) is 14.7 Å². The molecule has 1 aromatic heterocycles. The molecule has 0 aliphatic heterocycles. The van der Waals surface area contributed by atoms with Crippen molar-refractivity contribution in [2.24, 2.45) is 0 Å². The third kappa shape index (κ3) is 5.03. The van der Waals surface area contributed by atoms with Gasteiger partial charge in [0, 0.05) is 5.56 Å². The third-order valence-electron chi connectivity index (χ3n) is 3.48. The summed E-state index contributed by atoms with van der Waals surface area (Å²) in [6.45, 7) is 6.92. The van der Waals surface area contributed by atoms with E-state index in [1.807, 2.05) is 6.92 Å². The van der Waals surface area contributed by atoms with E-state index in [4.69, 9.17) is 9.84 Å². The molecule has 1 heterocycles. The lowest BCUT2D eigenvalue weighted by molar-refractivity contribution is -0.144. The van der Waals surface area contributed by atoms with E-state index in [0.29, 0.717) is 0 Å². The Morgan fingerprint density at radius 2 is 1.85 bits per heavy atom. The molecule has 0 radical (unpaired) electrons. The fraction of sp³-hybridized carbons (Fsp3) is 0.389. The Morgan fingerprint density at radius 3 is 2.31 bits per heavy atom. The number of alkyl carbamates (subject to hydrolysis) is 1. The monoisotopic (exact) mass is 378 g/mol. The molecule has 26 heavy (non-hydrogen) atoms. The number of rotatable bonds is 5. The number of hydrogen-bond acceptors (Lipinski definition) is 6. The van der Waals surface area contributed by atoms with E-state index < -0.39 is 29.8 Å². The van der Waals surface area contributed by atoms with Crippen molar-refractivity contribution in [3.8, 4) is 10.4 Å². The summed E-state index contributed by atoms with van der Waals surface area (Å²) in [7, 11) is 0. The van der Waals surface area contributed by atoms with E-state index in [1.165, 1.54) is 11.3 Å². The van der Waals surface area contributed by atoms with Crippen molar-refractivity contribution in [3.05, 3.63) is 41.0 Å². The number of aryl methyl sites for hydroxylation is 1. The summed E-state index contributed by atoms with van der Waals surface area (Å²) >= 11 is 1.49. The van der Waals surface area contributed by atoms with Crippen LogP contribution in [0.5, 0.6) is 0 Å². The van der Waals surface area contributed by atoms with Crippen molar-refractivity contribution < 1.29 is 24.5 Å². The average Bonchev–Trinajstić information content (AvgIpc) is 2.90. The summed E-state index contributed by atoms with van der Waals surface area (Å²) in [4.78, 5) is 28.4. The summed E-state index contributed by atoms with van der Waals surface area (Å²) in [6.07, 6.45) is -1.60. The van der Waals surface area contributed by atoms with Crippen molar-refractivity contribution in [1.29, 1.82) is 0 Å². The number of carboxylic acids is 1. The Bertz CT molecular complexity index is 795. The van der Waals surface area contributed by atoms with Gasteiger partial charge < -0.3 is 14.9 Å². The maximum atomic E-state index is 12.0. The number of nitrogens with one attached hydrogen (secondary N) is 1. The summed E-state index contributed by atoms with van der Waals surface area (Å²) < 4.78 is 5.13. The molecule has 1 aromatic carbocycles. The Labute approximate surface area is 155 Å². The highest BCUT2D eigenvalue weighted by Crippen LogP contribution is 2.30. The second kappa shape index (κ2) is 7.43. The van der Waals surface area contributed by atoms with Gasteiger partial charge in [-0.2, -0.15) is 0 Å². The van der Waals surface area contributed by atoms with Crippen LogP contribution >= 0.6 is 11.3 Å². The van der Waals surface area contributed by atoms with Gasteiger partial charge in [-0.25, -0.2) is 9.78 Å². The molecule has 0 saturated heterocycles. The topological polar surface area (TPSA) is 109 Å². The van der Waals surface area contributed by atoms with Crippen LogP contribution in [0.25, 0.3) is 10.4 Å². The second-order valence-electron chi connectivity index (χ2n) is 6.90. The van der Waals surface area contributed by atoms with E-state index in [-0.39, 0.29) is 5.56 Å². The number of hydrogen-bond donors (Lipinski definition) is 3. The van der Waals surface area contributed by atoms with Gasteiger partial charge in [0.1, 0.15) is 5.60 Å². The van der Waals surface area contributed by atoms with E-state index in [1.54, 1.807) is 50.5 Å². The predicted molar refractivity (Wildman–Crippen MR) is 97.8 cm³/mol. The zero-order valence-electron chi connectivity index (χ0n) is 15.1. The molecule has 0 aliphatic rings. The zero-order valence-corrected chi connectivity index (χ0v) is 15.9. The molecule has 2 rings (SSSR count). The predicted octanol–water partition coefficient (Wildman–Crippen LogP) is 3.26. The third-order valence-corrected chi connectivity index (χ3v) is 4.46. The van der Waals surface area contributed by atoms with Gasteiger partial charge in [0.25, 0.3) is 0 Å². The molecule has 1 atom stereocenters. The van der Waals surface area contributed by atoms with Crippen LogP contribution in [-0.2, 0) is 15.3 Å². The molecule has 0 aliphatic carbocycles. The van der Waals surface area contributed by atoms with Crippen molar-refractivity contribution in [1.82, 2.24) is 10.3 Å². The molecule has 1 amide bonds. The Morgan fingerprint density at radius 1 is 1.23 bits per heavy atom. The number of ether oxygens (including phenoxy) is 1. The SMILES string of the molecule is Cc1ncsc1-c1ccc(C(O)(CC(=O)O)NC(=O)OC(C)(C)C)cc1. The zero-order chi connectivity index (χ0) is 19.5. The second-order valence-corrected chi connectivity index (χ2v) is 7.76. The van der Waals surface area contributed by atoms with E-state index in [2.05, 4.69) is 10.3 Å². The van der Waals surface area contributed by atoms with Crippen LogP contribution in [0.3, 0.4) is 0 Å². The number of aliphatic hydroxyl groups is 1. The summed E-state index contributed by atoms with van der Waals surface area (Å²) in [5.74, 6) is -1.26. The lowest BCUT2D eigenvalue weighted by atomic mass is 9.97. The average molecular weight is 378 g/mol. The van der Waals surface area contributed by atoms with Gasteiger partial charge in [-0.15, -0.1) is 11.3 Å². The fourth-order valence-corrected chi connectivity index (χ4v) is 3.20. The fourth-order valence-electron chi connectivity index (χ4n) is 2.39. The summed E-state index contributed by atoms with van der Waals surface area (Å²) in [5, 5.41) is 22.2. The lowest BCUT2D eigenvalue weighted by Gasteiger charge is -2.30. The number of nitrogens with zero attached hydrogens (tertiary/aromatic N) is 1. The van der Waals surface area contributed by atoms with Gasteiger partial charge in [0.05, 0.1) is 22.5 Å². The first-order valence-electron chi connectivity index (χ1n) is 7.96. The molecule has 0 bridgehead atoms.